The zero-order valence-electron chi connectivity index (χ0n) is 7.57. The van der Waals surface area contributed by atoms with Crippen LogP contribution in [0.1, 0.15) is 6.42 Å². The van der Waals surface area contributed by atoms with E-state index in [9.17, 15) is 0 Å². The molecule has 0 aromatic heterocycles. The first-order chi connectivity index (χ1) is 6.86. The van der Waals surface area contributed by atoms with E-state index in [0.29, 0.717) is 0 Å². The summed E-state index contributed by atoms with van der Waals surface area (Å²) in [7, 11) is 0. The molecule has 0 unspecified atom stereocenters. The van der Waals surface area contributed by atoms with Crippen LogP contribution in [0.4, 0.5) is 0 Å². The monoisotopic (exact) mass is 217 g/mol. The standard InChI is InChI=1S/C12H9S2/c13-11-8-4-5-9-12(11)14-10-6-2-1-3-7-10/h1-7H,8H2. The van der Waals surface area contributed by atoms with E-state index < -0.39 is 0 Å². The van der Waals surface area contributed by atoms with Gasteiger partial charge in [0, 0.05) is 21.1 Å². The van der Waals surface area contributed by atoms with Crippen LogP contribution in [0.5, 0.6) is 0 Å². The molecule has 0 N–H and O–H groups in total. The first-order valence-electron chi connectivity index (χ1n) is 4.41. The first-order valence-corrected chi connectivity index (χ1v) is 5.63. The van der Waals surface area contributed by atoms with Crippen molar-refractivity contribution in [1.82, 2.24) is 0 Å². The lowest BCUT2D eigenvalue weighted by Crippen LogP contribution is -1.97. The Balaban J connectivity index is 2.15. The van der Waals surface area contributed by atoms with Crippen LogP contribution in [0, 0.1) is 6.08 Å². The van der Waals surface area contributed by atoms with Crippen molar-refractivity contribution in [3.63, 3.8) is 0 Å². The van der Waals surface area contributed by atoms with E-state index in [1.165, 1.54) is 4.90 Å². The molecule has 0 nitrogen and oxygen atoms in total. The molecule has 0 amide bonds. The van der Waals surface area contributed by atoms with E-state index in [1.807, 2.05) is 30.4 Å². The van der Waals surface area contributed by atoms with E-state index in [1.54, 1.807) is 11.8 Å². The largest absolute Gasteiger partial charge is 0.0883 e. The predicted octanol–water partition coefficient (Wildman–Crippen LogP) is 3.80. The molecule has 0 aliphatic heterocycles. The van der Waals surface area contributed by atoms with Gasteiger partial charge in [-0.1, -0.05) is 54.3 Å². The van der Waals surface area contributed by atoms with Crippen LogP contribution in [0.3, 0.4) is 0 Å². The summed E-state index contributed by atoms with van der Waals surface area (Å²) < 4.78 is 0. The zero-order chi connectivity index (χ0) is 9.80. The molecule has 1 radical (unpaired) electrons. The van der Waals surface area contributed by atoms with E-state index >= 15 is 0 Å². The maximum absolute atomic E-state index is 5.25. The summed E-state index contributed by atoms with van der Waals surface area (Å²) >= 11 is 6.94. The Bertz CT molecular complexity index is 388. The molecule has 69 valence electrons. The van der Waals surface area contributed by atoms with Crippen LogP contribution in [0.2, 0.25) is 0 Å². The van der Waals surface area contributed by atoms with Gasteiger partial charge in [-0.05, 0) is 18.2 Å². The number of benzene rings is 1. The molecule has 0 bridgehead atoms. The maximum Gasteiger partial charge on any atom is 0.0343 e. The maximum atomic E-state index is 5.25. The molecule has 0 spiro atoms. The molecule has 1 aromatic carbocycles. The van der Waals surface area contributed by atoms with Crippen LogP contribution in [0.15, 0.2) is 52.3 Å². The van der Waals surface area contributed by atoms with Gasteiger partial charge < -0.3 is 0 Å². The first kappa shape index (κ1) is 9.69. The van der Waals surface area contributed by atoms with Crippen molar-refractivity contribution in [1.29, 1.82) is 0 Å². The van der Waals surface area contributed by atoms with Gasteiger partial charge in [0.15, 0.2) is 0 Å². The Morgan fingerprint density at radius 2 is 2.00 bits per heavy atom. The summed E-state index contributed by atoms with van der Waals surface area (Å²) in [4.78, 5) is 3.28. The summed E-state index contributed by atoms with van der Waals surface area (Å²) in [5, 5.41) is 0. The third-order valence-electron chi connectivity index (χ3n) is 1.85. The molecular formula is C12H9S2. The number of rotatable bonds is 2. The lowest BCUT2D eigenvalue weighted by Gasteiger charge is -2.08. The second kappa shape index (κ2) is 4.58. The number of hydrogen-bond acceptors (Lipinski definition) is 2. The topological polar surface area (TPSA) is 0 Å². The molecule has 0 atom stereocenters. The zero-order valence-corrected chi connectivity index (χ0v) is 9.20. The highest BCUT2D eigenvalue weighted by molar-refractivity contribution is 8.05. The van der Waals surface area contributed by atoms with Gasteiger partial charge in [-0.25, -0.2) is 0 Å². The minimum atomic E-state index is 0.873. The van der Waals surface area contributed by atoms with Gasteiger partial charge >= 0.3 is 0 Å². The van der Waals surface area contributed by atoms with Crippen molar-refractivity contribution in [2.24, 2.45) is 0 Å². The lowest BCUT2D eigenvalue weighted by molar-refractivity contribution is 1.45. The normalized spacial score (nSPS) is 15.4. The van der Waals surface area contributed by atoms with Gasteiger partial charge in [-0.3, -0.25) is 0 Å². The Hall–Kier alpha value is -0.860. The Kier molecular flexibility index (Phi) is 3.17. The van der Waals surface area contributed by atoms with Gasteiger partial charge in [0.1, 0.15) is 0 Å². The van der Waals surface area contributed by atoms with Gasteiger partial charge in [0.05, 0.1) is 0 Å². The highest BCUT2D eigenvalue weighted by Crippen LogP contribution is 2.29. The summed E-state index contributed by atoms with van der Waals surface area (Å²) in [5.41, 5.74) is 0. The molecule has 0 fully saturated rings. The van der Waals surface area contributed by atoms with Crippen molar-refractivity contribution in [2.45, 2.75) is 11.3 Å². The van der Waals surface area contributed by atoms with Gasteiger partial charge in [0.2, 0.25) is 0 Å². The van der Waals surface area contributed by atoms with E-state index in [-0.39, 0.29) is 0 Å². The van der Waals surface area contributed by atoms with E-state index in [0.717, 1.165) is 16.2 Å². The van der Waals surface area contributed by atoms with Gasteiger partial charge in [-0.15, -0.1) is 0 Å². The lowest BCUT2D eigenvalue weighted by atomic mass is 10.2. The van der Waals surface area contributed by atoms with Gasteiger partial charge in [0.25, 0.3) is 0 Å². The molecular weight excluding hydrogens is 208 g/mol. The summed E-state index contributed by atoms with van der Waals surface area (Å²) in [6, 6.07) is 10.2. The molecule has 0 heterocycles. The fourth-order valence-electron chi connectivity index (χ4n) is 1.17. The molecule has 14 heavy (non-hydrogen) atoms. The number of hydrogen-bond donors (Lipinski definition) is 0. The smallest absolute Gasteiger partial charge is 0.0343 e. The molecule has 2 heteroatoms. The van der Waals surface area contributed by atoms with Crippen molar-refractivity contribution in [3.8, 4) is 0 Å². The Labute approximate surface area is 93.7 Å². The average Bonchev–Trinajstić information content (AvgIpc) is 2.23. The molecule has 2 rings (SSSR count). The quantitative estimate of drug-likeness (QED) is 0.691. The molecule has 1 aliphatic rings. The van der Waals surface area contributed by atoms with Crippen molar-refractivity contribution < 1.29 is 0 Å². The van der Waals surface area contributed by atoms with E-state index in [2.05, 4.69) is 18.2 Å². The fourth-order valence-corrected chi connectivity index (χ4v) is 2.30. The predicted molar refractivity (Wildman–Crippen MR) is 65.4 cm³/mol. The van der Waals surface area contributed by atoms with Crippen molar-refractivity contribution >= 4 is 28.8 Å². The van der Waals surface area contributed by atoms with Crippen LogP contribution < -0.4 is 0 Å². The average molecular weight is 217 g/mol. The van der Waals surface area contributed by atoms with Crippen LogP contribution >= 0.6 is 24.0 Å². The SMILES string of the molecule is S=C1CC=C[C]=C1Sc1ccccc1. The summed E-state index contributed by atoms with van der Waals surface area (Å²) in [5.74, 6) is 0. The number of thiocarbonyl (C=S) groups is 1. The molecule has 1 aromatic rings. The van der Waals surface area contributed by atoms with E-state index in [4.69, 9.17) is 12.2 Å². The second-order valence-corrected chi connectivity index (χ2v) is 4.49. The Morgan fingerprint density at radius 1 is 1.21 bits per heavy atom. The van der Waals surface area contributed by atoms with Crippen LogP contribution in [-0.2, 0) is 0 Å². The highest BCUT2D eigenvalue weighted by atomic mass is 32.2. The third-order valence-corrected chi connectivity index (χ3v) is 3.43. The van der Waals surface area contributed by atoms with Crippen LogP contribution in [0.25, 0.3) is 0 Å². The van der Waals surface area contributed by atoms with Crippen molar-refractivity contribution in [3.05, 3.63) is 53.5 Å². The fraction of sp³-hybridized carbons (Fsp3) is 0.0833. The van der Waals surface area contributed by atoms with Crippen LogP contribution in [-0.4, -0.2) is 4.86 Å². The summed E-state index contributed by atoms with van der Waals surface area (Å²) in [6.45, 7) is 0. The Morgan fingerprint density at radius 3 is 2.71 bits per heavy atom. The number of allylic oxidation sites excluding steroid dienone is 4. The third kappa shape index (κ3) is 2.34. The summed E-state index contributed by atoms with van der Waals surface area (Å²) in [6.07, 6.45) is 8.03. The minimum absolute atomic E-state index is 0.873. The van der Waals surface area contributed by atoms with Crippen molar-refractivity contribution in [2.75, 3.05) is 0 Å². The highest BCUT2D eigenvalue weighted by Gasteiger charge is 2.07. The minimum Gasteiger partial charge on any atom is -0.0883 e. The molecule has 0 saturated heterocycles. The molecule has 1 aliphatic carbocycles. The van der Waals surface area contributed by atoms with Gasteiger partial charge in [-0.2, -0.15) is 0 Å². The number of thioether (sulfide) groups is 1. The molecule has 0 saturated carbocycles. The second-order valence-electron chi connectivity index (χ2n) is 2.92.